The monoisotopic (exact) mass is 304 g/mol. The molecule has 1 aromatic heterocycles. The van der Waals surface area contributed by atoms with Gasteiger partial charge in [-0.15, -0.1) is 5.10 Å². The van der Waals surface area contributed by atoms with Gasteiger partial charge in [0.15, 0.2) is 5.69 Å². The summed E-state index contributed by atoms with van der Waals surface area (Å²) in [5.74, 6) is -0.544. The summed E-state index contributed by atoms with van der Waals surface area (Å²) in [5.41, 5.74) is 1.15. The fourth-order valence-electron chi connectivity index (χ4n) is 2.36. The van der Waals surface area contributed by atoms with Crippen molar-refractivity contribution in [3.05, 3.63) is 47.5 Å². The van der Waals surface area contributed by atoms with Crippen molar-refractivity contribution < 1.29 is 13.9 Å². The maximum absolute atomic E-state index is 12.9. The molecule has 1 fully saturated rings. The molecule has 7 heteroatoms. The fraction of sp³-hybridized carbons (Fsp3) is 0.400. The van der Waals surface area contributed by atoms with Crippen LogP contribution in [-0.4, -0.2) is 40.2 Å². The molecule has 1 saturated heterocycles. The highest BCUT2D eigenvalue weighted by atomic mass is 19.1. The number of nitrogens with one attached hydrogen (secondary N) is 1. The lowest BCUT2D eigenvalue weighted by atomic mass is 10.2. The first kappa shape index (κ1) is 14.6. The second kappa shape index (κ2) is 6.65. The number of rotatable bonds is 5. The first-order chi connectivity index (χ1) is 10.7. The molecule has 22 heavy (non-hydrogen) atoms. The van der Waals surface area contributed by atoms with Crippen LogP contribution in [0.15, 0.2) is 30.5 Å². The van der Waals surface area contributed by atoms with Gasteiger partial charge in [-0.25, -0.2) is 9.07 Å². The molecule has 1 aliphatic rings. The lowest BCUT2D eigenvalue weighted by Crippen LogP contribution is -2.31. The van der Waals surface area contributed by atoms with E-state index in [2.05, 4.69) is 15.6 Å². The van der Waals surface area contributed by atoms with E-state index < -0.39 is 0 Å². The summed E-state index contributed by atoms with van der Waals surface area (Å²) < 4.78 is 19.8. The van der Waals surface area contributed by atoms with Crippen LogP contribution in [0.25, 0.3) is 0 Å². The maximum Gasteiger partial charge on any atom is 0.273 e. The second-order valence-electron chi connectivity index (χ2n) is 5.27. The third-order valence-corrected chi connectivity index (χ3v) is 3.54. The molecule has 1 amide bonds. The van der Waals surface area contributed by atoms with Crippen LogP contribution in [0.2, 0.25) is 0 Å². The van der Waals surface area contributed by atoms with Gasteiger partial charge in [-0.1, -0.05) is 17.3 Å². The number of hydrogen-bond acceptors (Lipinski definition) is 4. The smallest absolute Gasteiger partial charge is 0.273 e. The summed E-state index contributed by atoms with van der Waals surface area (Å²) in [4.78, 5) is 12.0. The van der Waals surface area contributed by atoms with E-state index in [-0.39, 0.29) is 23.5 Å². The molecule has 0 saturated carbocycles. The molecule has 1 aliphatic heterocycles. The van der Waals surface area contributed by atoms with Crippen LogP contribution in [0.5, 0.6) is 0 Å². The van der Waals surface area contributed by atoms with Gasteiger partial charge in [0.2, 0.25) is 0 Å². The highest BCUT2D eigenvalue weighted by molar-refractivity contribution is 5.91. The maximum atomic E-state index is 12.9. The van der Waals surface area contributed by atoms with Crippen molar-refractivity contribution in [2.45, 2.75) is 25.5 Å². The topological polar surface area (TPSA) is 69.0 Å². The Kier molecular flexibility index (Phi) is 4.43. The van der Waals surface area contributed by atoms with Crippen LogP contribution in [0.1, 0.15) is 28.9 Å². The number of aromatic nitrogens is 3. The Morgan fingerprint density at radius 1 is 1.41 bits per heavy atom. The number of benzene rings is 1. The average molecular weight is 304 g/mol. The zero-order chi connectivity index (χ0) is 15.4. The van der Waals surface area contributed by atoms with Gasteiger partial charge in [0.1, 0.15) is 5.82 Å². The van der Waals surface area contributed by atoms with E-state index in [0.717, 1.165) is 25.0 Å². The molecule has 2 aromatic rings. The SMILES string of the molecule is O=C(NC[C@@H]1CCCO1)c1cn(Cc2ccc(F)cc2)nn1. The van der Waals surface area contributed by atoms with Crippen molar-refractivity contribution in [2.24, 2.45) is 0 Å². The standard InChI is InChI=1S/C15H17FN4O2/c16-12-5-3-11(4-6-12)9-20-10-14(18-19-20)15(21)17-8-13-2-1-7-22-13/h3-6,10,13H,1-2,7-9H2,(H,17,21)/t13-/m0/s1. The summed E-state index contributed by atoms with van der Waals surface area (Å²) in [6, 6.07) is 6.13. The Morgan fingerprint density at radius 3 is 2.95 bits per heavy atom. The van der Waals surface area contributed by atoms with Gasteiger partial charge in [-0.2, -0.15) is 0 Å². The summed E-state index contributed by atoms with van der Waals surface area (Å²) in [6.07, 6.45) is 3.68. The molecule has 2 heterocycles. The van der Waals surface area contributed by atoms with Crippen molar-refractivity contribution in [1.82, 2.24) is 20.3 Å². The number of ether oxygens (including phenoxy) is 1. The van der Waals surface area contributed by atoms with Crippen LogP contribution in [0.3, 0.4) is 0 Å². The van der Waals surface area contributed by atoms with Crippen molar-refractivity contribution in [3.63, 3.8) is 0 Å². The summed E-state index contributed by atoms with van der Waals surface area (Å²) in [5, 5.41) is 10.6. The highest BCUT2D eigenvalue weighted by Gasteiger charge is 2.18. The van der Waals surface area contributed by atoms with Gasteiger partial charge in [0.05, 0.1) is 18.8 Å². The second-order valence-corrected chi connectivity index (χ2v) is 5.27. The molecule has 1 aromatic carbocycles. The molecule has 0 spiro atoms. The van der Waals surface area contributed by atoms with Crippen LogP contribution in [0.4, 0.5) is 4.39 Å². The van der Waals surface area contributed by atoms with Crippen LogP contribution < -0.4 is 5.32 Å². The van der Waals surface area contributed by atoms with Crippen molar-refractivity contribution in [3.8, 4) is 0 Å². The van der Waals surface area contributed by atoms with E-state index in [0.29, 0.717) is 13.1 Å². The quantitative estimate of drug-likeness (QED) is 0.906. The minimum atomic E-state index is -0.281. The Bertz CT molecular complexity index is 635. The summed E-state index contributed by atoms with van der Waals surface area (Å²) in [7, 11) is 0. The Hall–Kier alpha value is -2.28. The Morgan fingerprint density at radius 2 is 2.23 bits per heavy atom. The minimum absolute atomic E-state index is 0.0956. The molecule has 1 N–H and O–H groups in total. The Balaban J connectivity index is 1.55. The predicted octanol–water partition coefficient (Wildman–Crippen LogP) is 1.37. The van der Waals surface area contributed by atoms with Gasteiger partial charge < -0.3 is 10.1 Å². The van der Waals surface area contributed by atoms with E-state index in [1.165, 1.54) is 12.1 Å². The van der Waals surface area contributed by atoms with Gasteiger partial charge in [-0.05, 0) is 30.5 Å². The fourth-order valence-corrected chi connectivity index (χ4v) is 2.36. The molecule has 0 radical (unpaired) electrons. The van der Waals surface area contributed by atoms with Crippen molar-refractivity contribution >= 4 is 5.91 Å². The molecule has 0 bridgehead atoms. The van der Waals surface area contributed by atoms with Gasteiger partial charge in [-0.3, -0.25) is 4.79 Å². The van der Waals surface area contributed by atoms with Crippen LogP contribution in [-0.2, 0) is 11.3 Å². The summed E-state index contributed by atoms with van der Waals surface area (Å²) >= 11 is 0. The number of nitrogens with zero attached hydrogens (tertiary/aromatic N) is 3. The average Bonchev–Trinajstić information content (AvgIpc) is 3.19. The third-order valence-electron chi connectivity index (χ3n) is 3.54. The van der Waals surface area contributed by atoms with Gasteiger partial charge >= 0.3 is 0 Å². The predicted molar refractivity (Wildman–Crippen MR) is 76.8 cm³/mol. The molecule has 6 nitrogen and oxygen atoms in total. The largest absolute Gasteiger partial charge is 0.376 e. The number of amides is 1. The van der Waals surface area contributed by atoms with Gasteiger partial charge in [0, 0.05) is 13.2 Å². The third kappa shape index (κ3) is 3.67. The number of carbonyl (C=O) groups excluding carboxylic acids is 1. The zero-order valence-corrected chi connectivity index (χ0v) is 12.0. The minimum Gasteiger partial charge on any atom is -0.376 e. The van der Waals surface area contributed by atoms with E-state index in [1.807, 2.05) is 0 Å². The molecule has 3 rings (SSSR count). The van der Waals surface area contributed by atoms with E-state index in [4.69, 9.17) is 4.74 Å². The highest BCUT2D eigenvalue weighted by Crippen LogP contribution is 2.10. The van der Waals surface area contributed by atoms with Gasteiger partial charge in [0.25, 0.3) is 5.91 Å². The molecule has 0 aliphatic carbocycles. The van der Waals surface area contributed by atoms with Crippen LogP contribution >= 0.6 is 0 Å². The normalized spacial score (nSPS) is 17.6. The van der Waals surface area contributed by atoms with E-state index in [9.17, 15) is 9.18 Å². The molecular formula is C15H17FN4O2. The number of halogens is 1. The molecule has 1 atom stereocenters. The molecule has 0 unspecified atom stereocenters. The van der Waals surface area contributed by atoms with E-state index >= 15 is 0 Å². The molecule has 116 valence electrons. The number of hydrogen-bond donors (Lipinski definition) is 1. The van der Waals surface area contributed by atoms with Crippen molar-refractivity contribution in [1.29, 1.82) is 0 Å². The lowest BCUT2D eigenvalue weighted by Gasteiger charge is -2.09. The Labute approximate surface area is 127 Å². The van der Waals surface area contributed by atoms with Crippen molar-refractivity contribution in [2.75, 3.05) is 13.2 Å². The first-order valence-electron chi connectivity index (χ1n) is 7.25. The number of carbonyl (C=O) groups is 1. The zero-order valence-electron chi connectivity index (χ0n) is 12.0. The van der Waals surface area contributed by atoms with E-state index in [1.54, 1.807) is 23.0 Å². The van der Waals surface area contributed by atoms with Crippen LogP contribution in [0, 0.1) is 5.82 Å². The first-order valence-corrected chi connectivity index (χ1v) is 7.25. The molecular weight excluding hydrogens is 287 g/mol. The lowest BCUT2D eigenvalue weighted by molar-refractivity contribution is 0.0853. The summed E-state index contributed by atoms with van der Waals surface area (Å²) in [6.45, 7) is 1.68.